The first-order valence-electron chi connectivity index (χ1n) is 7.21. The Morgan fingerprint density at radius 1 is 1.14 bits per heavy atom. The summed E-state index contributed by atoms with van der Waals surface area (Å²) in [5, 5.41) is 2.83. The molecule has 0 radical (unpaired) electrons. The Labute approximate surface area is 129 Å². The number of carbonyl (C=O) groups excluding carboxylic acids is 1. The van der Waals surface area contributed by atoms with Crippen molar-refractivity contribution in [1.82, 2.24) is 4.98 Å². The Morgan fingerprint density at radius 2 is 1.86 bits per heavy atom. The fourth-order valence-electron chi connectivity index (χ4n) is 2.49. The van der Waals surface area contributed by atoms with E-state index in [2.05, 4.69) is 24.1 Å². The van der Waals surface area contributed by atoms with Crippen molar-refractivity contribution in [1.29, 1.82) is 0 Å². The fourth-order valence-corrected chi connectivity index (χ4v) is 2.49. The molecule has 4 nitrogen and oxygen atoms in total. The topological polar surface area (TPSA) is 55.1 Å². The molecule has 1 heterocycles. The molecule has 1 amide bonds. The van der Waals surface area contributed by atoms with E-state index in [1.807, 2.05) is 37.3 Å². The smallest absolute Gasteiger partial charge is 0.227 e. The van der Waals surface area contributed by atoms with Gasteiger partial charge in [-0.15, -0.1) is 0 Å². The summed E-state index contributed by atoms with van der Waals surface area (Å²) in [7, 11) is 0. The molecule has 0 saturated carbocycles. The second-order valence-corrected chi connectivity index (χ2v) is 5.58. The van der Waals surface area contributed by atoms with Crippen molar-refractivity contribution in [2.45, 2.75) is 27.7 Å². The van der Waals surface area contributed by atoms with E-state index in [9.17, 15) is 4.79 Å². The number of nitrogens with zero attached hydrogens (tertiary/aromatic N) is 1. The lowest BCUT2D eigenvalue weighted by molar-refractivity contribution is -0.114. The first-order valence-corrected chi connectivity index (χ1v) is 7.21. The van der Waals surface area contributed by atoms with Gasteiger partial charge in [0.15, 0.2) is 5.58 Å². The van der Waals surface area contributed by atoms with Crippen LogP contribution in [0, 0.1) is 20.8 Å². The quantitative estimate of drug-likeness (QED) is 0.763. The van der Waals surface area contributed by atoms with Crippen molar-refractivity contribution in [2.24, 2.45) is 0 Å². The average molecular weight is 294 g/mol. The number of hydrogen-bond donors (Lipinski definition) is 1. The lowest BCUT2D eigenvalue weighted by Crippen LogP contribution is -2.07. The first-order chi connectivity index (χ1) is 10.5. The molecule has 0 atom stereocenters. The summed E-state index contributed by atoms with van der Waals surface area (Å²) in [6.07, 6.45) is 0. The van der Waals surface area contributed by atoms with E-state index < -0.39 is 0 Å². The van der Waals surface area contributed by atoms with Crippen molar-refractivity contribution >= 4 is 22.7 Å². The van der Waals surface area contributed by atoms with Crippen LogP contribution in [0.25, 0.3) is 22.6 Å². The van der Waals surface area contributed by atoms with Crippen molar-refractivity contribution in [3.05, 3.63) is 47.0 Å². The molecule has 112 valence electrons. The molecule has 0 saturated heterocycles. The SMILES string of the molecule is CC(=O)Nc1cccc(-c2nc3cc(C)c(C)cc3o2)c1C. The molecule has 2 aromatic carbocycles. The van der Waals surface area contributed by atoms with Crippen LogP contribution in [0.1, 0.15) is 23.6 Å². The second-order valence-electron chi connectivity index (χ2n) is 5.58. The number of aromatic nitrogens is 1. The standard InChI is InChI=1S/C18H18N2O2/c1-10-8-16-17(9-11(10)2)22-18(20-16)14-6-5-7-15(12(14)3)19-13(4)21/h5-9H,1-4H3,(H,19,21). The van der Waals surface area contributed by atoms with Crippen LogP contribution in [0.4, 0.5) is 5.69 Å². The zero-order valence-corrected chi connectivity index (χ0v) is 13.2. The lowest BCUT2D eigenvalue weighted by atomic mass is 10.1. The number of fused-ring (bicyclic) bond motifs is 1. The van der Waals surface area contributed by atoms with Crippen LogP contribution < -0.4 is 5.32 Å². The van der Waals surface area contributed by atoms with Crippen LogP contribution in [0.5, 0.6) is 0 Å². The fraction of sp³-hybridized carbons (Fsp3) is 0.222. The van der Waals surface area contributed by atoms with E-state index >= 15 is 0 Å². The Kier molecular flexibility index (Phi) is 3.45. The zero-order chi connectivity index (χ0) is 15.9. The van der Waals surface area contributed by atoms with Gasteiger partial charge in [0.05, 0.1) is 0 Å². The van der Waals surface area contributed by atoms with Gasteiger partial charge < -0.3 is 9.73 Å². The summed E-state index contributed by atoms with van der Waals surface area (Å²) < 4.78 is 5.91. The molecule has 0 aliphatic heterocycles. The summed E-state index contributed by atoms with van der Waals surface area (Å²) in [5.74, 6) is 0.480. The number of rotatable bonds is 2. The molecule has 0 bridgehead atoms. The number of amides is 1. The highest BCUT2D eigenvalue weighted by molar-refractivity contribution is 5.91. The van der Waals surface area contributed by atoms with Gasteiger partial charge in [-0.05, 0) is 61.7 Å². The van der Waals surface area contributed by atoms with Gasteiger partial charge in [-0.1, -0.05) is 6.07 Å². The molecule has 0 spiro atoms. The highest BCUT2D eigenvalue weighted by Crippen LogP contribution is 2.31. The molecular weight excluding hydrogens is 276 g/mol. The van der Waals surface area contributed by atoms with Crippen molar-refractivity contribution in [3.8, 4) is 11.5 Å². The van der Waals surface area contributed by atoms with E-state index in [1.54, 1.807) is 0 Å². The minimum atomic E-state index is -0.0935. The maximum absolute atomic E-state index is 11.3. The number of anilines is 1. The van der Waals surface area contributed by atoms with Gasteiger partial charge in [-0.25, -0.2) is 4.98 Å². The van der Waals surface area contributed by atoms with Gasteiger partial charge in [0.25, 0.3) is 0 Å². The number of hydrogen-bond acceptors (Lipinski definition) is 3. The predicted octanol–water partition coefficient (Wildman–Crippen LogP) is 4.38. The summed E-state index contributed by atoms with van der Waals surface area (Å²) >= 11 is 0. The Bertz CT molecular complexity index is 839. The maximum Gasteiger partial charge on any atom is 0.227 e. The molecule has 4 heteroatoms. The average Bonchev–Trinajstić information content (AvgIpc) is 2.83. The molecule has 0 unspecified atom stereocenters. The van der Waals surface area contributed by atoms with E-state index in [4.69, 9.17) is 4.42 Å². The highest BCUT2D eigenvalue weighted by Gasteiger charge is 2.14. The van der Waals surface area contributed by atoms with Crippen molar-refractivity contribution < 1.29 is 9.21 Å². The number of aryl methyl sites for hydroxylation is 2. The molecule has 0 aliphatic rings. The zero-order valence-electron chi connectivity index (χ0n) is 13.2. The van der Waals surface area contributed by atoms with Gasteiger partial charge in [0.1, 0.15) is 5.52 Å². The Balaban J connectivity index is 2.13. The van der Waals surface area contributed by atoms with Crippen LogP contribution in [-0.4, -0.2) is 10.9 Å². The molecule has 1 aromatic heterocycles. The second kappa shape index (κ2) is 5.30. The number of oxazole rings is 1. The maximum atomic E-state index is 11.3. The molecule has 1 N–H and O–H groups in total. The van der Waals surface area contributed by atoms with Crippen LogP contribution in [0.15, 0.2) is 34.7 Å². The third kappa shape index (κ3) is 2.48. The monoisotopic (exact) mass is 294 g/mol. The van der Waals surface area contributed by atoms with E-state index in [0.29, 0.717) is 5.89 Å². The molecule has 0 fully saturated rings. The number of nitrogens with one attached hydrogen (secondary N) is 1. The number of benzene rings is 2. The van der Waals surface area contributed by atoms with Gasteiger partial charge in [0, 0.05) is 18.2 Å². The minimum absolute atomic E-state index is 0.0935. The van der Waals surface area contributed by atoms with Gasteiger partial charge in [-0.3, -0.25) is 4.79 Å². The van der Waals surface area contributed by atoms with E-state index in [1.165, 1.54) is 18.1 Å². The molecule has 3 rings (SSSR count). The molecule has 3 aromatic rings. The van der Waals surface area contributed by atoms with Crippen LogP contribution >= 0.6 is 0 Å². The summed E-state index contributed by atoms with van der Waals surface area (Å²) in [5.41, 5.74) is 6.61. The summed E-state index contributed by atoms with van der Waals surface area (Å²) in [4.78, 5) is 15.9. The largest absolute Gasteiger partial charge is 0.436 e. The Hall–Kier alpha value is -2.62. The van der Waals surface area contributed by atoms with Crippen LogP contribution in [0.3, 0.4) is 0 Å². The summed E-state index contributed by atoms with van der Waals surface area (Å²) in [6, 6.07) is 9.75. The van der Waals surface area contributed by atoms with Gasteiger partial charge in [0.2, 0.25) is 11.8 Å². The van der Waals surface area contributed by atoms with Crippen molar-refractivity contribution in [3.63, 3.8) is 0 Å². The highest BCUT2D eigenvalue weighted by atomic mass is 16.3. The third-order valence-electron chi connectivity index (χ3n) is 3.88. The number of carbonyl (C=O) groups is 1. The van der Waals surface area contributed by atoms with Gasteiger partial charge >= 0.3 is 0 Å². The molecule has 22 heavy (non-hydrogen) atoms. The lowest BCUT2D eigenvalue weighted by Gasteiger charge is -2.09. The predicted molar refractivity (Wildman–Crippen MR) is 88.0 cm³/mol. The summed E-state index contributed by atoms with van der Waals surface area (Å²) in [6.45, 7) is 7.56. The minimum Gasteiger partial charge on any atom is -0.436 e. The molecular formula is C18H18N2O2. The van der Waals surface area contributed by atoms with E-state index in [0.717, 1.165) is 27.9 Å². The van der Waals surface area contributed by atoms with Gasteiger partial charge in [-0.2, -0.15) is 0 Å². The molecule has 0 aliphatic carbocycles. The van der Waals surface area contributed by atoms with Crippen LogP contribution in [0.2, 0.25) is 0 Å². The Morgan fingerprint density at radius 3 is 2.59 bits per heavy atom. The third-order valence-corrected chi connectivity index (χ3v) is 3.88. The van der Waals surface area contributed by atoms with E-state index in [-0.39, 0.29) is 5.91 Å². The normalized spacial score (nSPS) is 10.9. The first kappa shape index (κ1) is 14.3. The van der Waals surface area contributed by atoms with Crippen LogP contribution in [-0.2, 0) is 4.79 Å². The van der Waals surface area contributed by atoms with Crippen molar-refractivity contribution in [2.75, 3.05) is 5.32 Å².